The van der Waals surface area contributed by atoms with Crippen LogP contribution in [0.25, 0.3) is 0 Å². The van der Waals surface area contributed by atoms with Gasteiger partial charge in [0.15, 0.2) is 9.04 Å². The topological polar surface area (TPSA) is 12.5 Å². The zero-order chi connectivity index (χ0) is 9.68. The predicted octanol–water partition coefficient (Wildman–Crippen LogP) is 1.25. The van der Waals surface area contributed by atoms with Crippen molar-refractivity contribution in [2.45, 2.75) is 51.2 Å². The van der Waals surface area contributed by atoms with Crippen molar-refractivity contribution in [2.75, 3.05) is 7.05 Å². The molecule has 0 N–H and O–H groups in total. The Bertz CT molecular complexity index is 138. The normalized spacial score (nSPS) is 21.0. The Morgan fingerprint density at radius 3 is 2.38 bits per heavy atom. The Hall–Kier alpha value is 0.354. The predicted molar refractivity (Wildman–Crippen MR) is 63.1 cm³/mol. The van der Waals surface area contributed by atoms with Gasteiger partial charge in [-0.05, 0) is 33.0 Å². The van der Waals surface area contributed by atoms with Crippen molar-refractivity contribution >= 4 is 19.0 Å². The smallest absolute Gasteiger partial charge is 0.227 e. The van der Waals surface area contributed by atoms with Crippen LogP contribution in [0, 0.1) is 0 Å². The molecule has 1 fully saturated rings. The van der Waals surface area contributed by atoms with Crippen LogP contribution in [0.4, 0.5) is 0 Å². The zero-order valence-electron chi connectivity index (χ0n) is 9.25. The number of hydrogen-bond donors (Lipinski definition) is 0. The molecular weight excluding hydrogens is 194 g/mol. The van der Waals surface area contributed by atoms with Crippen molar-refractivity contribution in [3.63, 3.8) is 0 Å². The highest BCUT2D eigenvalue weighted by molar-refractivity contribution is 6.55. The van der Waals surface area contributed by atoms with Crippen LogP contribution in [-0.4, -0.2) is 36.6 Å². The first kappa shape index (κ1) is 11.4. The van der Waals surface area contributed by atoms with Crippen LogP contribution in [0.5, 0.6) is 0 Å². The molecule has 0 aromatic carbocycles. The highest BCUT2D eigenvalue weighted by Gasteiger charge is 2.17. The molecule has 78 valence electrons. The molecule has 0 saturated heterocycles. The highest BCUT2D eigenvalue weighted by atomic mass is 28.3. The third-order valence-corrected chi connectivity index (χ3v) is 7.00. The molecule has 0 aliphatic heterocycles. The molecule has 0 radical (unpaired) electrons. The minimum absolute atomic E-state index is 0.362. The number of rotatable bonds is 4. The summed E-state index contributed by atoms with van der Waals surface area (Å²) in [4.78, 5) is 0. The van der Waals surface area contributed by atoms with Crippen LogP contribution in [-0.2, 0) is 4.12 Å². The molecule has 0 unspecified atom stereocenters. The summed E-state index contributed by atoms with van der Waals surface area (Å²) in [5.41, 5.74) is 0. The zero-order valence-corrected chi connectivity index (χ0v) is 11.8. The van der Waals surface area contributed by atoms with Crippen LogP contribution in [0.1, 0.15) is 32.1 Å². The first-order chi connectivity index (χ1) is 6.20. The van der Waals surface area contributed by atoms with Crippen LogP contribution in [0.2, 0.25) is 13.1 Å². The van der Waals surface area contributed by atoms with Gasteiger partial charge in [0, 0.05) is 6.04 Å². The molecule has 0 heterocycles. The Morgan fingerprint density at radius 1 is 1.23 bits per heavy atom. The SMILES string of the molecule is CN([SiH2]O[SiH](C)C)C1CCCCC1. The molecule has 0 atom stereocenters. The monoisotopic (exact) mass is 217 g/mol. The van der Waals surface area contributed by atoms with E-state index in [1.165, 1.54) is 32.1 Å². The van der Waals surface area contributed by atoms with Gasteiger partial charge in [0.2, 0.25) is 9.92 Å². The van der Waals surface area contributed by atoms with Crippen molar-refractivity contribution in [3.8, 4) is 0 Å². The van der Waals surface area contributed by atoms with Gasteiger partial charge in [-0.3, -0.25) is 0 Å². The van der Waals surface area contributed by atoms with Crippen molar-refractivity contribution < 1.29 is 4.12 Å². The summed E-state index contributed by atoms with van der Waals surface area (Å²) in [6, 6.07) is 0.855. The van der Waals surface area contributed by atoms with Crippen LogP contribution in [0.15, 0.2) is 0 Å². The molecule has 1 aliphatic carbocycles. The first-order valence-electron chi connectivity index (χ1n) is 5.52. The van der Waals surface area contributed by atoms with E-state index in [0.29, 0.717) is 0 Å². The Morgan fingerprint density at radius 2 is 1.85 bits per heavy atom. The van der Waals surface area contributed by atoms with Crippen molar-refractivity contribution in [1.29, 1.82) is 0 Å². The van der Waals surface area contributed by atoms with Crippen LogP contribution >= 0.6 is 0 Å². The fraction of sp³-hybridized carbons (Fsp3) is 1.00. The molecule has 0 spiro atoms. The lowest BCUT2D eigenvalue weighted by Crippen LogP contribution is -2.38. The summed E-state index contributed by atoms with van der Waals surface area (Å²) in [6.07, 6.45) is 7.13. The minimum Gasteiger partial charge on any atom is -0.451 e. The number of hydrogen-bond acceptors (Lipinski definition) is 2. The quantitative estimate of drug-likeness (QED) is 0.657. The molecular formula is C9H23NOSi2. The third kappa shape index (κ3) is 4.40. The van der Waals surface area contributed by atoms with Crippen molar-refractivity contribution in [1.82, 2.24) is 4.57 Å². The molecule has 0 aromatic heterocycles. The van der Waals surface area contributed by atoms with E-state index >= 15 is 0 Å². The maximum Gasteiger partial charge on any atom is 0.227 e. The molecule has 0 aromatic rings. The second kappa shape index (κ2) is 5.95. The van der Waals surface area contributed by atoms with E-state index in [0.717, 1.165) is 6.04 Å². The Balaban J connectivity index is 2.17. The maximum absolute atomic E-state index is 5.86. The van der Waals surface area contributed by atoms with Gasteiger partial charge < -0.3 is 8.68 Å². The third-order valence-electron chi connectivity index (χ3n) is 2.81. The van der Waals surface area contributed by atoms with E-state index in [2.05, 4.69) is 24.7 Å². The summed E-state index contributed by atoms with van der Waals surface area (Å²) >= 11 is 0. The molecule has 1 saturated carbocycles. The second-order valence-corrected chi connectivity index (χ2v) is 9.08. The summed E-state index contributed by atoms with van der Waals surface area (Å²) in [5.74, 6) is 0. The van der Waals surface area contributed by atoms with Crippen molar-refractivity contribution in [3.05, 3.63) is 0 Å². The van der Waals surface area contributed by atoms with Gasteiger partial charge in [0.05, 0.1) is 0 Å². The lowest BCUT2D eigenvalue weighted by molar-refractivity contribution is 0.273. The maximum atomic E-state index is 5.86. The summed E-state index contributed by atoms with van der Waals surface area (Å²) in [6.45, 7) is 4.53. The summed E-state index contributed by atoms with van der Waals surface area (Å²) < 4.78 is 8.39. The van der Waals surface area contributed by atoms with E-state index in [1.807, 2.05) is 0 Å². The Labute approximate surface area is 86.4 Å². The Kier molecular flexibility index (Phi) is 5.23. The average Bonchev–Trinajstić information content (AvgIpc) is 2.15. The van der Waals surface area contributed by atoms with Crippen LogP contribution in [0.3, 0.4) is 0 Å². The van der Waals surface area contributed by atoms with E-state index in [1.54, 1.807) is 0 Å². The van der Waals surface area contributed by atoms with Gasteiger partial charge in [-0.15, -0.1) is 0 Å². The molecule has 2 nitrogen and oxygen atoms in total. The second-order valence-electron chi connectivity index (χ2n) is 4.39. The average molecular weight is 217 g/mol. The van der Waals surface area contributed by atoms with Gasteiger partial charge in [0.1, 0.15) is 0 Å². The highest BCUT2D eigenvalue weighted by Crippen LogP contribution is 2.20. The fourth-order valence-corrected chi connectivity index (χ4v) is 4.60. The van der Waals surface area contributed by atoms with Gasteiger partial charge in [-0.2, -0.15) is 0 Å². The molecule has 4 heteroatoms. The van der Waals surface area contributed by atoms with E-state index in [9.17, 15) is 0 Å². The van der Waals surface area contributed by atoms with Gasteiger partial charge in [-0.1, -0.05) is 19.3 Å². The standard InChI is InChI=1S/C9H23NOSi2/c1-10(12-11-13(2)3)9-7-5-4-6-8-9/h9,13H,4-8,12H2,1-3H3. The van der Waals surface area contributed by atoms with Gasteiger partial charge in [-0.25, -0.2) is 0 Å². The molecule has 0 amide bonds. The lowest BCUT2D eigenvalue weighted by atomic mass is 9.96. The lowest BCUT2D eigenvalue weighted by Gasteiger charge is -2.31. The summed E-state index contributed by atoms with van der Waals surface area (Å²) in [7, 11) is 1.14. The molecule has 0 bridgehead atoms. The molecule has 1 rings (SSSR count). The van der Waals surface area contributed by atoms with Crippen molar-refractivity contribution in [2.24, 2.45) is 0 Å². The van der Waals surface area contributed by atoms with Gasteiger partial charge in [0.25, 0.3) is 0 Å². The van der Waals surface area contributed by atoms with Gasteiger partial charge >= 0.3 is 0 Å². The molecule has 13 heavy (non-hydrogen) atoms. The fourth-order valence-electron chi connectivity index (χ4n) is 1.89. The minimum atomic E-state index is -0.761. The van der Waals surface area contributed by atoms with Crippen LogP contribution < -0.4 is 0 Å². The summed E-state index contributed by atoms with van der Waals surface area (Å²) in [5, 5.41) is 0. The number of nitrogens with zero attached hydrogens (tertiary/aromatic N) is 1. The van der Waals surface area contributed by atoms with E-state index < -0.39 is 9.04 Å². The van der Waals surface area contributed by atoms with E-state index in [4.69, 9.17) is 4.12 Å². The largest absolute Gasteiger partial charge is 0.451 e. The van der Waals surface area contributed by atoms with E-state index in [-0.39, 0.29) is 9.92 Å². The molecule has 1 aliphatic rings. The first-order valence-corrected chi connectivity index (χ1v) is 9.51.